The molecule has 1 saturated heterocycles. The maximum atomic E-state index is 13.7. The molecule has 0 radical (unpaired) electrons. The van der Waals surface area contributed by atoms with E-state index in [4.69, 9.17) is 4.98 Å². The molecule has 0 spiro atoms. The summed E-state index contributed by atoms with van der Waals surface area (Å²) in [5.74, 6) is 1.39. The second kappa shape index (κ2) is 10.2. The molecule has 1 aliphatic heterocycles. The number of piperidine rings is 1. The van der Waals surface area contributed by atoms with Crippen molar-refractivity contribution in [1.82, 2.24) is 19.9 Å². The number of rotatable bonds is 6. The van der Waals surface area contributed by atoms with Crippen molar-refractivity contribution in [2.45, 2.75) is 63.5 Å². The molecule has 0 amide bonds. The van der Waals surface area contributed by atoms with Crippen LogP contribution in [0.25, 0.3) is 0 Å². The highest BCUT2D eigenvalue weighted by atomic mass is 19.1. The van der Waals surface area contributed by atoms with E-state index in [0.717, 1.165) is 38.8 Å². The Hall–Kier alpha value is -2.48. The van der Waals surface area contributed by atoms with Gasteiger partial charge in [0.15, 0.2) is 0 Å². The van der Waals surface area contributed by atoms with Gasteiger partial charge in [-0.1, -0.05) is 31.7 Å². The molecule has 0 unspecified atom stereocenters. The Kier molecular flexibility index (Phi) is 7.17. The number of nitrogens with zero attached hydrogens (tertiary/aromatic N) is 5. The monoisotopic (exact) mass is 427 g/mol. The van der Waals surface area contributed by atoms with Crippen molar-refractivity contribution in [3.05, 3.63) is 30.1 Å². The van der Waals surface area contributed by atoms with Gasteiger partial charge in [0.25, 0.3) is 0 Å². The summed E-state index contributed by atoms with van der Waals surface area (Å²) in [6.07, 6.45) is 9.50. The van der Waals surface area contributed by atoms with Gasteiger partial charge in [-0.3, -0.25) is 0 Å². The average molecular weight is 428 g/mol. The van der Waals surface area contributed by atoms with Crippen LogP contribution >= 0.6 is 0 Å². The van der Waals surface area contributed by atoms with Crippen molar-refractivity contribution in [3.63, 3.8) is 0 Å². The summed E-state index contributed by atoms with van der Waals surface area (Å²) >= 11 is 0. The first-order chi connectivity index (χ1) is 15.1. The lowest BCUT2D eigenvalue weighted by atomic mass is 10.0. The molecule has 1 aromatic heterocycles. The van der Waals surface area contributed by atoms with Crippen LogP contribution in [0.1, 0.15) is 51.4 Å². The van der Waals surface area contributed by atoms with E-state index in [-0.39, 0.29) is 5.82 Å². The quantitative estimate of drug-likeness (QED) is 0.662. The number of likely N-dealkylation sites (tertiary alicyclic amines) is 1. The standard InChI is InChI=1S/C23H34FN7/c1-30-14-12-20(13-15-30)31(2)23-28-21(25-18-9-5-3-4-6-10-18)27-22(29-23)26-19-11-7-8-17(24)16-19/h7-8,11,16,18,20H,3-6,9-10,12-15H2,1-2H3,(H2,25,26,27,28,29). The molecule has 2 heterocycles. The highest BCUT2D eigenvalue weighted by Crippen LogP contribution is 2.24. The van der Waals surface area contributed by atoms with E-state index in [1.165, 1.54) is 37.8 Å². The highest BCUT2D eigenvalue weighted by Gasteiger charge is 2.24. The van der Waals surface area contributed by atoms with E-state index in [9.17, 15) is 4.39 Å². The lowest BCUT2D eigenvalue weighted by Crippen LogP contribution is -2.42. The lowest BCUT2D eigenvalue weighted by Gasteiger charge is -2.35. The number of anilines is 4. The van der Waals surface area contributed by atoms with Gasteiger partial charge in [-0.15, -0.1) is 0 Å². The normalized spacial score (nSPS) is 19.1. The summed E-state index contributed by atoms with van der Waals surface area (Å²) in [5.41, 5.74) is 0.625. The van der Waals surface area contributed by atoms with Crippen molar-refractivity contribution in [3.8, 4) is 0 Å². The third kappa shape index (κ3) is 6.03. The fourth-order valence-corrected chi connectivity index (χ4v) is 4.49. The zero-order valence-electron chi connectivity index (χ0n) is 18.6. The lowest BCUT2D eigenvalue weighted by molar-refractivity contribution is 0.252. The molecule has 1 aromatic carbocycles. The zero-order valence-corrected chi connectivity index (χ0v) is 18.6. The highest BCUT2D eigenvalue weighted by molar-refractivity contribution is 5.56. The van der Waals surface area contributed by atoms with E-state index in [1.54, 1.807) is 6.07 Å². The van der Waals surface area contributed by atoms with Crippen LogP contribution in [-0.4, -0.2) is 59.1 Å². The predicted molar refractivity (Wildman–Crippen MR) is 124 cm³/mol. The number of nitrogens with one attached hydrogen (secondary N) is 2. The molecule has 7 nitrogen and oxygen atoms in total. The summed E-state index contributed by atoms with van der Waals surface area (Å²) in [5, 5.41) is 6.72. The van der Waals surface area contributed by atoms with Gasteiger partial charge in [-0.05, 0) is 64.0 Å². The minimum atomic E-state index is -0.292. The van der Waals surface area contributed by atoms with Gasteiger partial charge in [0.05, 0.1) is 0 Å². The SMILES string of the molecule is CN1CCC(N(C)c2nc(Nc3cccc(F)c3)nc(NC3CCCCCC3)n2)CC1. The van der Waals surface area contributed by atoms with E-state index in [0.29, 0.717) is 35.6 Å². The van der Waals surface area contributed by atoms with Gasteiger partial charge in [0.1, 0.15) is 5.82 Å². The molecule has 8 heteroatoms. The van der Waals surface area contributed by atoms with Crippen LogP contribution in [0.15, 0.2) is 24.3 Å². The van der Waals surface area contributed by atoms with E-state index >= 15 is 0 Å². The first kappa shape index (κ1) is 21.7. The van der Waals surface area contributed by atoms with Gasteiger partial charge >= 0.3 is 0 Å². The Labute approximate surface area is 184 Å². The maximum Gasteiger partial charge on any atom is 0.233 e. The van der Waals surface area contributed by atoms with Crippen LogP contribution in [0.2, 0.25) is 0 Å². The molecule has 31 heavy (non-hydrogen) atoms. The predicted octanol–water partition coefficient (Wildman–Crippen LogP) is 4.42. The number of halogens is 1. The second-order valence-electron chi connectivity index (χ2n) is 8.90. The smallest absolute Gasteiger partial charge is 0.233 e. The molecule has 168 valence electrons. The molecule has 4 rings (SSSR count). The Bertz CT molecular complexity index is 846. The molecule has 2 aliphatic rings. The first-order valence-corrected chi connectivity index (χ1v) is 11.5. The summed E-state index contributed by atoms with van der Waals surface area (Å²) in [6, 6.07) is 7.14. The Balaban J connectivity index is 1.57. The van der Waals surface area contributed by atoms with Crippen LogP contribution < -0.4 is 15.5 Å². The van der Waals surface area contributed by atoms with Gasteiger partial charge < -0.3 is 20.4 Å². The molecule has 2 N–H and O–H groups in total. The van der Waals surface area contributed by atoms with Crippen LogP contribution in [0, 0.1) is 5.82 Å². The second-order valence-corrected chi connectivity index (χ2v) is 8.90. The first-order valence-electron chi connectivity index (χ1n) is 11.5. The topological polar surface area (TPSA) is 69.2 Å². The summed E-state index contributed by atoms with van der Waals surface area (Å²) in [6.45, 7) is 2.14. The van der Waals surface area contributed by atoms with Crippen molar-refractivity contribution in [2.75, 3.05) is 42.7 Å². The third-order valence-electron chi connectivity index (χ3n) is 6.44. The third-order valence-corrected chi connectivity index (χ3v) is 6.44. The maximum absolute atomic E-state index is 13.7. The Morgan fingerprint density at radius 3 is 2.39 bits per heavy atom. The van der Waals surface area contributed by atoms with Gasteiger partial charge in [0, 0.05) is 24.8 Å². The molecular weight excluding hydrogens is 393 g/mol. The molecule has 0 atom stereocenters. The molecule has 2 fully saturated rings. The van der Waals surface area contributed by atoms with Crippen LogP contribution in [0.4, 0.5) is 27.9 Å². The van der Waals surface area contributed by atoms with Crippen molar-refractivity contribution in [2.24, 2.45) is 0 Å². The summed E-state index contributed by atoms with van der Waals surface area (Å²) in [7, 11) is 4.22. The zero-order chi connectivity index (χ0) is 21.6. The molecule has 1 aliphatic carbocycles. The Morgan fingerprint density at radius 2 is 1.68 bits per heavy atom. The molecular formula is C23H34FN7. The van der Waals surface area contributed by atoms with Crippen LogP contribution in [0.3, 0.4) is 0 Å². The van der Waals surface area contributed by atoms with Crippen molar-refractivity contribution >= 4 is 23.5 Å². The average Bonchev–Trinajstić information content (AvgIpc) is 3.02. The van der Waals surface area contributed by atoms with E-state index < -0.39 is 0 Å². The molecule has 0 bridgehead atoms. The van der Waals surface area contributed by atoms with Crippen molar-refractivity contribution < 1.29 is 4.39 Å². The Morgan fingerprint density at radius 1 is 0.968 bits per heavy atom. The minimum absolute atomic E-state index is 0.292. The fraction of sp³-hybridized carbons (Fsp3) is 0.609. The number of hydrogen-bond donors (Lipinski definition) is 2. The van der Waals surface area contributed by atoms with E-state index in [1.807, 2.05) is 6.07 Å². The van der Waals surface area contributed by atoms with Crippen molar-refractivity contribution in [1.29, 1.82) is 0 Å². The van der Waals surface area contributed by atoms with Gasteiger partial charge in [-0.25, -0.2) is 4.39 Å². The summed E-state index contributed by atoms with van der Waals surface area (Å²) in [4.78, 5) is 18.6. The number of benzene rings is 1. The van der Waals surface area contributed by atoms with Crippen LogP contribution in [0.5, 0.6) is 0 Å². The van der Waals surface area contributed by atoms with Gasteiger partial charge in [0.2, 0.25) is 17.8 Å². The largest absolute Gasteiger partial charge is 0.351 e. The molecule has 1 saturated carbocycles. The van der Waals surface area contributed by atoms with Crippen LogP contribution in [-0.2, 0) is 0 Å². The number of hydrogen-bond acceptors (Lipinski definition) is 7. The minimum Gasteiger partial charge on any atom is -0.351 e. The van der Waals surface area contributed by atoms with E-state index in [2.05, 4.69) is 44.5 Å². The fourth-order valence-electron chi connectivity index (χ4n) is 4.49. The molecule has 2 aromatic rings. The number of aromatic nitrogens is 3. The summed E-state index contributed by atoms with van der Waals surface area (Å²) < 4.78 is 13.7. The van der Waals surface area contributed by atoms with Gasteiger partial charge in [-0.2, -0.15) is 15.0 Å².